The van der Waals surface area contributed by atoms with Crippen LogP contribution in [0.2, 0.25) is 0 Å². The van der Waals surface area contributed by atoms with E-state index in [1.807, 2.05) is 0 Å². The second-order valence-electron chi connectivity index (χ2n) is 6.97. The SMILES string of the molecule is COC1(c2noc(C3C(C#N)C3(C)C)n2)CCCCCC1. The highest BCUT2D eigenvalue weighted by Gasteiger charge is 2.62. The predicted octanol–water partition coefficient (Wildman–Crippen LogP) is 3.53. The Labute approximate surface area is 125 Å². The van der Waals surface area contributed by atoms with E-state index in [9.17, 15) is 5.26 Å². The second-order valence-corrected chi connectivity index (χ2v) is 6.97. The molecular formula is C16H23N3O2. The molecule has 5 nitrogen and oxygen atoms in total. The van der Waals surface area contributed by atoms with Crippen LogP contribution >= 0.6 is 0 Å². The van der Waals surface area contributed by atoms with E-state index in [2.05, 4.69) is 30.1 Å². The molecular weight excluding hydrogens is 266 g/mol. The fourth-order valence-electron chi connectivity index (χ4n) is 3.70. The van der Waals surface area contributed by atoms with E-state index in [1.165, 1.54) is 12.8 Å². The molecule has 2 atom stereocenters. The van der Waals surface area contributed by atoms with Gasteiger partial charge in [-0.05, 0) is 18.3 Å². The van der Waals surface area contributed by atoms with Gasteiger partial charge in [-0.3, -0.25) is 0 Å². The van der Waals surface area contributed by atoms with E-state index in [-0.39, 0.29) is 17.3 Å². The van der Waals surface area contributed by atoms with Crippen LogP contribution in [0.1, 0.15) is 70.0 Å². The number of rotatable bonds is 3. The van der Waals surface area contributed by atoms with E-state index in [0.29, 0.717) is 11.7 Å². The molecule has 2 unspecified atom stereocenters. The number of hydrogen-bond donors (Lipinski definition) is 0. The maximum absolute atomic E-state index is 9.20. The summed E-state index contributed by atoms with van der Waals surface area (Å²) in [6, 6.07) is 2.34. The minimum atomic E-state index is -0.403. The first-order valence-corrected chi connectivity index (χ1v) is 7.84. The smallest absolute Gasteiger partial charge is 0.231 e. The number of nitrogens with zero attached hydrogens (tertiary/aromatic N) is 3. The minimum Gasteiger partial charge on any atom is -0.370 e. The van der Waals surface area contributed by atoms with Gasteiger partial charge in [-0.1, -0.05) is 44.7 Å². The van der Waals surface area contributed by atoms with Gasteiger partial charge >= 0.3 is 0 Å². The van der Waals surface area contributed by atoms with Crippen LogP contribution in [-0.2, 0) is 10.3 Å². The lowest BCUT2D eigenvalue weighted by Gasteiger charge is -2.27. The van der Waals surface area contributed by atoms with Gasteiger partial charge in [-0.15, -0.1) is 0 Å². The van der Waals surface area contributed by atoms with Crippen molar-refractivity contribution in [2.24, 2.45) is 11.3 Å². The van der Waals surface area contributed by atoms with Crippen LogP contribution in [-0.4, -0.2) is 17.3 Å². The van der Waals surface area contributed by atoms with Crippen molar-refractivity contribution in [2.45, 2.75) is 63.9 Å². The molecule has 2 aliphatic rings. The van der Waals surface area contributed by atoms with Crippen LogP contribution in [0, 0.1) is 22.7 Å². The summed E-state index contributed by atoms with van der Waals surface area (Å²) in [6.07, 6.45) is 6.63. The molecule has 0 saturated heterocycles. The molecule has 2 aliphatic carbocycles. The van der Waals surface area contributed by atoms with E-state index < -0.39 is 5.60 Å². The molecule has 21 heavy (non-hydrogen) atoms. The van der Waals surface area contributed by atoms with Crippen molar-refractivity contribution in [1.82, 2.24) is 10.1 Å². The molecule has 0 spiro atoms. The molecule has 0 bridgehead atoms. The van der Waals surface area contributed by atoms with Gasteiger partial charge in [0, 0.05) is 7.11 Å². The third kappa shape index (κ3) is 2.26. The summed E-state index contributed by atoms with van der Waals surface area (Å²) >= 11 is 0. The third-order valence-electron chi connectivity index (χ3n) is 5.38. The number of methoxy groups -OCH3 is 1. The molecule has 0 aliphatic heterocycles. The standard InChI is InChI=1S/C16H23N3O2/c1-15(2)11(10-17)12(15)13-18-14(19-21-13)16(20-3)8-6-4-5-7-9-16/h11-12H,4-9H2,1-3H3. The lowest BCUT2D eigenvalue weighted by molar-refractivity contribution is -0.0365. The summed E-state index contributed by atoms with van der Waals surface area (Å²) in [5, 5.41) is 13.4. The molecule has 0 amide bonds. The Morgan fingerprint density at radius 2 is 1.90 bits per heavy atom. The molecule has 1 aromatic rings. The van der Waals surface area contributed by atoms with Gasteiger partial charge in [0.25, 0.3) is 0 Å². The van der Waals surface area contributed by atoms with Crippen molar-refractivity contribution < 1.29 is 9.26 Å². The van der Waals surface area contributed by atoms with Gasteiger partial charge in [0.05, 0.1) is 17.9 Å². The summed E-state index contributed by atoms with van der Waals surface area (Å²) in [7, 11) is 1.74. The molecule has 0 radical (unpaired) electrons. The van der Waals surface area contributed by atoms with Crippen molar-refractivity contribution in [1.29, 1.82) is 5.26 Å². The minimum absolute atomic E-state index is 0.0292. The number of hydrogen-bond acceptors (Lipinski definition) is 5. The van der Waals surface area contributed by atoms with Crippen LogP contribution in [0.5, 0.6) is 0 Å². The van der Waals surface area contributed by atoms with Crippen LogP contribution in [0.15, 0.2) is 4.52 Å². The van der Waals surface area contributed by atoms with Gasteiger partial charge in [0.15, 0.2) is 0 Å². The topological polar surface area (TPSA) is 71.9 Å². The van der Waals surface area contributed by atoms with Crippen LogP contribution in [0.25, 0.3) is 0 Å². The first-order valence-electron chi connectivity index (χ1n) is 7.84. The maximum Gasteiger partial charge on any atom is 0.231 e. The summed E-state index contributed by atoms with van der Waals surface area (Å²) in [5.74, 6) is 1.30. The Balaban J connectivity index is 1.86. The lowest BCUT2D eigenvalue weighted by Crippen LogP contribution is -2.29. The van der Waals surface area contributed by atoms with Gasteiger partial charge in [-0.2, -0.15) is 10.2 Å². The fraction of sp³-hybridized carbons (Fsp3) is 0.812. The van der Waals surface area contributed by atoms with Gasteiger partial charge < -0.3 is 9.26 Å². The Hall–Kier alpha value is -1.41. The Bertz CT molecular complexity index is 550. The lowest BCUT2D eigenvalue weighted by atomic mass is 9.93. The number of aromatic nitrogens is 2. The van der Waals surface area contributed by atoms with Crippen molar-refractivity contribution in [3.8, 4) is 6.07 Å². The summed E-state index contributed by atoms with van der Waals surface area (Å²) in [6.45, 7) is 4.15. The van der Waals surface area contributed by atoms with Crippen molar-refractivity contribution >= 4 is 0 Å². The number of nitriles is 1. The molecule has 114 valence electrons. The zero-order valence-electron chi connectivity index (χ0n) is 13.1. The normalized spacial score (nSPS) is 30.4. The molecule has 2 saturated carbocycles. The maximum atomic E-state index is 9.20. The third-order valence-corrected chi connectivity index (χ3v) is 5.38. The molecule has 1 aromatic heterocycles. The molecule has 1 heterocycles. The molecule has 0 N–H and O–H groups in total. The van der Waals surface area contributed by atoms with E-state index >= 15 is 0 Å². The predicted molar refractivity (Wildman–Crippen MR) is 76.3 cm³/mol. The van der Waals surface area contributed by atoms with Crippen LogP contribution in [0.4, 0.5) is 0 Å². The largest absolute Gasteiger partial charge is 0.370 e. The molecule has 0 aromatic carbocycles. The molecule has 3 rings (SSSR count). The molecule has 5 heteroatoms. The number of ether oxygens (including phenoxy) is 1. The Morgan fingerprint density at radius 1 is 1.24 bits per heavy atom. The van der Waals surface area contributed by atoms with Crippen molar-refractivity contribution in [2.75, 3.05) is 7.11 Å². The summed E-state index contributed by atoms with van der Waals surface area (Å²) < 4.78 is 11.3. The monoisotopic (exact) mass is 289 g/mol. The zero-order valence-corrected chi connectivity index (χ0v) is 13.1. The van der Waals surface area contributed by atoms with Crippen molar-refractivity contribution in [3.63, 3.8) is 0 Å². The van der Waals surface area contributed by atoms with Gasteiger partial charge in [0.1, 0.15) is 5.60 Å². The van der Waals surface area contributed by atoms with Gasteiger partial charge in [-0.25, -0.2) is 0 Å². The van der Waals surface area contributed by atoms with Gasteiger partial charge in [0.2, 0.25) is 11.7 Å². The highest BCUT2D eigenvalue weighted by Crippen LogP contribution is 2.63. The van der Waals surface area contributed by atoms with E-state index in [1.54, 1.807) is 7.11 Å². The summed E-state index contributed by atoms with van der Waals surface area (Å²) in [5.41, 5.74) is -0.471. The van der Waals surface area contributed by atoms with E-state index in [0.717, 1.165) is 25.7 Å². The average molecular weight is 289 g/mol. The quantitative estimate of drug-likeness (QED) is 0.796. The molecule has 2 fully saturated rings. The first kappa shape index (κ1) is 14.5. The van der Waals surface area contributed by atoms with Crippen molar-refractivity contribution in [3.05, 3.63) is 11.7 Å². The average Bonchev–Trinajstić information content (AvgIpc) is 2.85. The first-order chi connectivity index (χ1) is 10.0. The Morgan fingerprint density at radius 3 is 2.43 bits per heavy atom. The highest BCUT2D eigenvalue weighted by molar-refractivity contribution is 5.26. The second kappa shape index (κ2) is 5.10. The highest BCUT2D eigenvalue weighted by atomic mass is 16.5. The van der Waals surface area contributed by atoms with Crippen LogP contribution in [0.3, 0.4) is 0 Å². The zero-order chi connectivity index (χ0) is 15.1. The fourth-order valence-corrected chi connectivity index (χ4v) is 3.70. The Kier molecular flexibility index (Phi) is 3.53. The summed E-state index contributed by atoms with van der Waals surface area (Å²) in [4.78, 5) is 4.62. The van der Waals surface area contributed by atoms with E-state index in [4.69, 9.17) is 9.26 Å². The van der Waals surface area contributed by atoms with Crippen LogP contribution < -0.4 is 0 Å².